The lowest BCUT2D eigenvalue weighted by molar-refractivity contribution is -0.132. The van der Waals surface area contributed by atoms with Crippen molar-refractivity contribution in [2.24, 2.45) is 0 Å². The minimum atomic E-state index is 0.175. The van der Waals surface area contributed by atoms with Gasteiger partial charge in [-0.05, 0) is 37.4 Å². The molecule has 1 aliphatic heterocycles. The Kier molecular flexibility index (Phi) is 5.81. The summed E-state index contributed by atoms with van der Waals surface area (Å²) in [5, 5.41) is 4.21. The number of rotatable bonds is 6. The van der Waals surface area contributed by atoms with Crippen molar-refractivity contribution in [3.8, 4) is 0 Å². The van der Waals surface area contributed by atoms with Crippen LogP contribution in [0.4, 0.5) is 0 Å². The van der Waals surface area contributed by atoms with Crippen LogP contribution in [0.1, 0.15) is 30.4 Å². The van der Waals surface area contributed by atoms with E-state index in [1.54, 1.807) is 12.7 Å². The van der Waals surface area contributed by atoms with Crippen LogP contribution in [0.3, 0.4) is 0 Å². The van der Waals surface area contributed by atoms with Gasteiger partial charge < -0.3 is 4.90 Å². The molecule has 0 N–H and O–H groups in total. The number of benzene rings is 1. The minimum absolute atomic E-state index is 0.175. The molecule has 1 aromatic carbocycles. The SMILES string of the molecule is Cc1ccccc1CN(C)C(=O)CN1CCCC[C@H]1Cn1cncn1. The van der Waals surface area contributed by atoms with Gasteiger partial charge in [0.1, 0.15) is 12.7 Å². The predicted octanol–water partition coefficient (Wildman–Crippen LogP) is 2.10. The standard InChI is InChI=1S/C19H27N5O/c1-16-7-3-4-8-17(16)11-22(2)19(25)13-23-10-6-5-9-18(23)12-24-15-20-14-21-24/h3-4,7-8,14-15,18H,5-6,9-13H2,1-2H3/t18-/m0/s1. The number of amides is 1. The van der Waals surface area contributed by atoms with Gasteiger partial charge >= 0.3 is 0 Å². The Balaban J connectivity index is 1.58. The summed E-state index contributed by atoms with van der Waals surface area (Å²) in [6.07, 6.45) is 6.79. The van der Waals surface area contributed by atoms with E-state index < -0.39 is 0 Å². The van der Waals surface area contributed by atoms with E-state index in [1.807, 2.05) is 28.8 Å². The van der Waals surface area contributed by atoms with Crippen molar-refractivity contribution in [3.63, 3.8) is 0 Å². The number of hydrogen-bond acceptors (Lipinski definition) is 4. The molecule has 1 aliphatic rings. The quantitative estimate of drug-likeness (QED) is 0.807. The van der Waals surface area contributed by atoms with Crippen LogP contribution in [0.15, 0.2) is 36.9 Å². The number of piperidine rings is 1. The van der Waals surface area contributed by atoms with Gasteiger partial charge in [0.15, 0.2) is 0 Å². The van der Waals surface area contributed by atoms with Crippen LogP contribution in [-0.2, 0) is 17.9 Å². The summed E-state index contributed by atoms with van der Waals surface area (Å²) < 4.78 is 1.87. The smallest absolute Gasteiger partial charge is 0.236 e. The maximum atomic E-state index is 12.7. The molecule has 1 saturated heterocycles. The van der Waals surface area contributed by atoms with Crippen molar-refractivity contribution >= 4 is 5.91 Å². The van der Waals surface area contributed by atoms with E-state index in [0.717, 1.165) is 25.9 Å². The largest absolute Gasteiger partial charge is 0.340 e. The highest BCUT2D eigenvalue weighted by molar-refractivity contribution is 5.78. The van der Waals surface area contributed by atoms with Gasteiger partial charge in [0, 0.05) is 19.6 Å². The molecule has 3 rings (SSSR count). The topological polar surface area (TPSA) is 54.3 Å². The van der Waals surface area contributed by atoms with Crippen molar-refractivity contribution in [2.45, 2.75) is 45.3 Å². The predicted molar refractivity (Wildman–Crippen MR) is 96.9 cm³/mol. The van der Waals surface area contributed by atoms with E-state index >= 15 is 0 Å². The van der Waals surface area contributed by atoms with Crippen molar-refractivity contribution in [1.29, 1.82) is 0 Å². The van der Waals surface area contributed by atoms with E-state index in [-0.39, 0.29) is 5.91 Å². The van der Waals surface area contributed by atoms with Gasteiger partial charge in [-0.15, -0.1) is 0 Å². The lowest BCUT2D eigenvalue weighted by Crippen LogP contribution is -2.47. The lowest BCUT2D eigenvalue weighted by Gasteiger charge is -2.36. The number of aryl methyl sites for hydroxylation is 1. The van der Waals surface area contributed by atoms with Gasteiger partial charge in [-0.3, -0.25) is 14.4 Å². The van der Waals surface area contributed by atoms with Crippen molar-refractivity contribution < 1.29 is 4.79 Å². The van der Waals surface area contributed by atoms with Crippen LogP contribution in [0.5, 0.6) is 0 Å². The summed E-state index contributed by atoms with van der Waals surface area (Å²) in [6, 6.07) is 8.59. The van der Waals surface area contributed by atoms with E-state index in [9.17, 15) is 4.79 Å². The van der Waals surface area contributed by atoms with E-state index in [0.29, 0.717) is 19.1 Å². The number of aromatic nitrogens is 3. The van der Waals surface area contributed by atoms with Crippen molar-refractivity contribution in [1.82, 2.24) is 24.6 Å². The Morgan fingerprint density at radius 2 is 2.16 bits per heavy atom. The third-order valence-corrected chi connectivity index (χ3v) is 5.05. The average Bonchev–Trinajstić information content (AvgIpc) is 3.11. The minimum Gasteiger partial charge on any atom is -0.340 e. The van der Waals surface area contributed by atoms with Crippen molar-refractivity contribution in [3.05, 3.63) is 48.0 Å². The number of carbonyl (C=O) groups is 1. The Bertz CT molecular complexity index is 685. The Hall–Kier alpha value is -2.21. The van der Waals surface area contributed by atoms with E-state index in [4.69, 9.17) is 0 Å². The molecule has 1 atom stereocenters. The molecule has 1 fully saturated rings. The Morgan fingerprint density at radius 1 is 1.32 bits per heavy atom. The van der Waals surface area contributed by atoms with Crippen LogP contribution < -0.4 is 0 Å². The Labute approximate surface area is 149 Å². The number of likely N-dealkylation sites (N-methyl/N-ethyl adjacent to an activating group) is 1. The highest BCUT2D eigenvalue weighted by Gasteiger charge is 2.26. The fourth-order valence-corrected chi connectivity index (χ4v) is 3.44. The average molecular weight is 341 g/mol. The molecule has 2 heterocycles. The molecule has 1 amide bonds. The van der Waals surface area contributed by atoms with E-state index in [2.05, 4.69) is 34.0 Å². The molecular weight excluding hydrogens is 314 g/mol. The molecule has 0 saturated carbocycles. The zero-order chi connectivity index (χ0) is 17.6. The summed E-state index contributed by atoms with van der Waals surface area (Å²) >= 11 is 0. The van der Waals surface area contributed by atoms with Gasteiger partial charge in [0.05, 0.1) is 13.1 Å². The van der Waals surface area contributed by atoms with Crippen LogP contribution in [0, 0.1) is 6.92 Å². The first-order valence-corrected chi connectivity index (χ1v) is 8.98. The molecule has 6 nitrogen and oxygen atoms in total. The van der Waals surface area contributed by atoms with Crippen LogP contribution in [0.2, 0.25) is 0 Å². The molecule has 0 bridgehead atoms. The fraction of sp³-hybridized carbons (Fsp3) is 0.526. The number of hydrogen-bond donors (Lipinski definition) is 0. The van der Waals surface area contributed by atoms with Gasteiger partial charge in [-0.2, -0.15) is 5.10 Å². The summed E-state index contributed by atoms with van der Waals surface area (Å²) in [7, 11) is 1.89. The highest BCUT2D eigenvalue weighted by Crippen LogP contribution is 2.18. The van der Waals surface area contributed by atoms with Crippen LogP contribution in [-0.4, -0.2) is 56.7 Å². The Morgan fingerprint density at radius 3 is 2.92 bits per heavy atom. The number of nitrogens with zero attached hydrogens (tertiary/aromatic N) is 5. The summed E-state index contributed by atoms with van der Waals surface area (Å²) in [5.41, 5.74) is 2.43. The molecular formula is C19H27N5O. The molecule has 6 heteroatoms. The third-order valence-electron chi connectivity index (χ3n) is 5.05. The van der Waals surface area contributed by atoms with Gasteiger partial charge in [-0.1, -0.05) is 30.7 Å². The monoisotopic (exact) mass is 341 g/mol. The van der Waals surface area contributed by atoms with Crippen LogP contribution >= 0.6 is 0 Å². The molecule has 1 aromatic heterocycles. The number of likely N-dealkylation sites (tertiary alicyclic amines) is 1. The molecule has 25 heavy (non-hydrogen) atoms. The molecule has 0 aliphatic carbocycles. The van der Waals surface area contributed by atoms with Gasteiger partial charge in [0.2, 0.25) is 5.91 Å². The fourth-order valence-electron chi connectivity index (χ4n) is 3.44. The summed E-state index contributed by atoms with van der Waals surface area (Å²) in [4.78, 5) is 20.9. The molecule has 2 aromatic rings. The van der Waals surface area contributed by atoms with Crippen LogP contribution in [0.25, 0.3) is 0 Å². The van der Waals surface area contributed by atoms with Gasteiger partial charge in [-0.25, -0.2) is 4.98 Å². The first-order valence-electron chi connectivity index (χ1n) is 8.98. The summed E-state index contributed by atoms with van der Waals surface area (Å²) in [5.74, 6) is 0.175. The first-order chi connectivity index (χ1) is 12.1. The number of carbonyl (C=O) groups excluding carboxylic acids is 1. The molecule has 0 radical (unpaired) electrons. The molecule has 0 spiro atoms. The lowest BCUT2D eigenvalue weighted by atomic mass is 10.0. The zero-order valence-electron chi connectivity index (χ0n) is 15.1. The normalized spacial score (nSPS) is 18.2. The van der Waals surface area contributed by atoms with Crippen molar-refractivity contribution in [2.75, 3.05) is 20.1 Å². The summed E-state index contributed by atoms with van der Waals surface area (Å²) in [6.45, 7) is 5.00. The van der Waals surface area contributed by atoms with E-state index in [1.165, 1.54) is 17.5 Å². The second kappa shape index (κ2) is 8.25. The second-order valence-electron chi connectivity index (χ2n) is 6.91. The molecule has 0 unspecified atom stereocenters. The first kappa shape index (κ1) is 17.6. The third kappa shape index (κ3) is 4.66. The zero-order valence-corrected chi connectivity index (χ0v) is 15.1. The molecule has 134 valence electrons. The highest BCUT2D eigenvalue weighted by atomic mass is 16.2. The van der Waals surface area contributed by atoms with Gasteiger partial charge in [0.25, 0.3) is 0 Å². The second-order valence-corrected chi connectivity index (χ2v) is 6.91. The maximum Gasteiger partial charge on any atom is 0.236 e. The maximum absolute atomic E-state index is 12.7.